The molecule has 6 nitrogen and oxygen atoms in total. The Morgan fingerprint density at radius 1 is 1.16 bits per heavy atom. The standard InChI is InChI=1S/C21H25F3N4O2.HI/c1-3-26-20(27-12-16-5-4-6-18(11-16)30-14-19(25)29)28(2)13-15-7-9-17(10-8-15)21(22,23)24;/h4-11H,3,12-14H2,1-2H3,(H2,25,29)(H,26,27);1H. The molecule has 10 heteroatoms. The van der Waals surface area contributed by atoms with E-state index >= 15 is 0 Å². The van der Waals surface area contributed by atoms with Crippen LogP contribution in [0.3, 0.4) is 0 Å². The number of amides is 1. The molecule has 0 heterocycles. The van der Waals surface area contributed by atoms with Gasteiger partial charge in [0, 0.05) is 20.1 Å². The first-order valence-corrected chi connectivity index (χ1v) is 9.34. The fourth-order valence-corrected chi connectivity index (χ4v) is 2.67. The van der Waals surface area contributed by atoms with Crippen molar-refractivity contribution in [2.75, 3.05) is 20.2 Å². The van der Waals surface area contributed by atoms with E-state index in [4.69, 9.17) is 10.5 Å². The summed E-state index contributed by atoms with van der Waals surface area (Å²) >= 11 is 0. The lowest BCUT2D eigenvalue weighted by molar-refractivity contribution is -0.137. The van der Waals surface area contributed by atoms with E-state index in [9.17, 15) is 18.0 Å². The van der Waals surface area contributed by atoms with Crippen molar-refractivity contribution in [2.45, 2.75) is 26.2 Å². The minimum atomic E-state index is -4.35. The van der Waals surface area contributed by atoms with Gasteiger partial charge in [0.15, 0.2) is 12.6 Å². The second-order valence-corrected chi connectivity index (χ2v) is 6.62. The van der Waals surface area contributed by atoms with Gasteiger partial charge < -0.3 is 20.7 Å². The zero-order valence-corrected chi connectivity index (χ0v) is 19.6. The number of ether oxygens (including phenoxy) is 1. The number of primary amides is 1. The molecule has 1 amide bonds. The Hall–Kier alpha value is -2.50. The molecule has 0 aliphatic rings. The molecular formula is C21H26F3IN4O2. The van der Waals surface area contributed by atoms with Gasteiger partial charge in [-0.3, -0.25) is 4.79 Å². The number of hydrogen-bond donors (Lipinski definition) is 2. The fraction of sp³-hybridized carbons (Fsp3) is 0.333. The Kier molecular flexibility index (Phi) is 10.6. The van der Waals surface area contributed by atoms with Crippen molar-refractivity contribution in [2.24, 2.45) is 10.7 Å². The summed E-state index contributed by atoms with van der Waals surface area (Å²) in [6, 6.07) is 12.2. The first-order chi connectivity index (χ1) is 14.2. The van der Waals surface area contributed by atoms with Crippen molar-refractivity contribution in [3.05, 3.63) is 65.2 Å². The van der Waals surface area contributed by atoms with Crippen LogP contribution >= 0.6 is 24.0 Å². The topological polar surface area (TPSA) is 80.0 Å². The summed E-state index contributed by atoms with van der Waals surface area (Å²) in [6.45, 7) is 3.11. The molecule has 0 aliphatic carbocycles. The number of aliphatic imine (C=N–C) groups is 1. The fourth-order valence-electron chi connectivity index (χ4n) is 2.67. The van der Waals surface area contributed by atoms with Crippen LogP contribution in [0.2, 0.25) is 0 Å². The van der Waals surface area contributed by atoms with Gasteiger partial charge in [-0.2, -0.15) is 13.2 Å². The van der Waals surface area contributed by atoms with Gasteiger partial charge in [-0.15, -0.1) is 24.0 Å². The minimum Gasteiger partial charge on any atom is -0.484 e. The summed E-state index contributed by atoms with van der Waals surface area (Å²) in [5.74, 6) is 0.572. The Bertz CT molecular complexity index is 874. The lowest BCUT2D eigenvalue weighted by Gasteiger charge is -2.22. The number of halogens is 4. The third-order valence-corrected chi connectivity index (χ3v) is 4.09. The Morgan fingerprint density at radius 2 is 1.84 bits per heavy atom. The molecule has 2 aromatic rings. The zero-order chi connectivity index (χ0) is 22.1. The average Bonchev–Trinajstić information content (AvgIpc) is 2.69. The third kappa shape index (κ3) is 9.03. The van der Waals surface area contributed by atoms with Crippen molar-refractivity contribution >= 4 is 35.8 Å². The van der Waals surface area contributed by atoms with E-state index in [1.807, 2.05) is 24.9 Å². The normalized spacial score (nSPS) is 11.5. The first-order valence-electron chi connectivity index (χ1n) is 9.34. The lowest BCUT2D eigenvalue weighted by atomic mass is 10.1. The van der Waals surface area contributed by atoms with Gasteiger partial charge in [-0.05, 0) is 42.3 Å². The third-order valence-electron chi connectivity index (χ3n) is 4.09. The Labute approximate surface area is 196 Å². The SMILES string of the molecule is CCNC(=NCc1cccc(OCC(N)=O)c1)N(C)Cc1ccc(C(F)(F)F)cc1.I. The highest BCUT2D eigenvalue weighted by Crippen LogP contribution is 2.29. The molecule has 0 atom stereocenters. The van der Waals surface area contributed by atoms with Crippen molar-refractivity contribution < 1.29 is 22.7 Å². The molecule has 3 N–H and O–H groups in total. The van der Waals surface area contributed by atoms with Crippen molar-refractivity contribution in [3.63, 3.8) is 0 Å². The molecule has 0 unspecified atom stereocenters. The van der Waals surface area contributed by atoms with Gasteiger partial charge in [0.05, 0.1) is 12.1 Å². The van der Waals surface area contributed by atoms with E-state index in [0.717, 1.165) is 23.3 Å². The highest BCUT2D eigenvalue weighted by molar-refractivity contribution is 14.0. The van der Waals surface area contributed by atoms with E-state index in [-0.39, 0.29) is 30.6 Å². The Balaban J connectivity index is 0.00000480. The van der Waals surface area contributed by atoms with Crippen LogP contribution in [0.15, 0.2) is 53.5 Å². The number of nitrogens with two attached hydrogens (primary N) is 1. The summed E-state index contributed by atoms with van der Waals surface area (Å²) in [7, 11) is 1.81. The summed E-state index contributed by atoms with van der Waals surface area (Å²) in [4.78, 5) is 17.3. The van der Waals surface area contributed by atoms with Crippen molar-refractivity contribution in [1.82, 2.24) is 10.2 Å². The van der Waals surface area contributed by atoms with Crippen LogP contribution in [0.25, 0.3) is 0 Å². The average molecular weight is 550 g/mol. The minimum absolute atomic E-state index is 0. The molecule has 0 aromatic heterocycles. The van der Waals surface area contributed by atoms with E-state index in [1.54, 1.807) is 18.2 Å². The van der Waals surface area contributed by atoms with Gasteiger partial charge in [0.2, 0.25) is 0 Å². The monoisotopic (exact) mass is 550 g/mol. The zero-order valence-electron chi connectivity index (χ0n) is 17.3. The van der Waals surface area contributed by atoms with Gasteiger partial charge in [0.25, 0.3) is 5.91 Å². The number of nitrogens with zero attached hydrogens (tertiary/aromatic N) is 2. The van der Waals surface area contributed by atoms with Gasteiger partial charge in [-0.25, -0.2) is 4.99 Å². The van der Waals surface area contributed by atoms with E-state index < -0.39 is 17.6 Å². The smallest absolute Gasteiger partial charge is 0.416 e. The van der Waals surface area contributed by atoms with Crippen LogP contribution in [0.4, 0.5) is 13.2 Å². The number of rotatable bonds is 8. The number of benzene rings is 2. The molecule has 0 bridgehead atoms. The van der Waals surface area contributed by atoms with E-state index in [2.05, 4.69) is 10.3 Å². The molecule has 31 heavy (non-hydrogen) atoms. The van der Waals surface area contributed by atoms with Crippen molar-refractivity contribution in [3.8, 4) is 5.75 Å². The van der Waals surface area contributed by atoms with Gasteiger partial charge >= 0.3 is 6.18 Å². The molecule has 0 fully saturated rings. The van der Waals surface area contributed by atoms with Gasteiger partial charge in [-0.1, -0.05) is 24.3 Å². The van der Waals surface area contributed by atoms with Gasteiger partial charge in [0.1, 0.15) is 5.75 Å². The second-order valence-electron chi connectivity index (χ2n) is 6.62. The molecule has 2 aromatic carbocycles. The summed E-state index contributed by atoms with van der Waals surface area (Å²) < 4.78 is 43.4. The molecule has 0 saturated carbocycles. The molecule has 0 spiro atoms. The number of carbonyl (C=O) groups excluding carboxylic acids is 1. The predicted molar refractivity (Wildman–Crippen MR) is 124 cm³/mol. The number of nitrogens with one attached hydrogen (secondary N) is 1. The molecule has 2 rings (SSSR count). The van der Waals surface area contributed by atoms with E-state index in [0.29, 0.717) is 31.3 Å². The van der Waals surface area contributed by atoms with Crippen molar-refractivity contribution in [1.29, 1.82) is 0 Å². The quantitative estimate of drug-likeness (QED) is 0.298. The summed E-state index contributed by atoms with van der Waals surface area (Å²) in [6.07, 6.45) is -4.35. The second kappa shape index (κ2) is 12.4. The molecule has 0 aliphatic heterocycles. The molecule has 0 radical (unpaired) electrons. The van der Waals surface area contributed by atoms with Crippen LogP contribution in [0.1, 0.15) is 23.6 Å². The number of hydrogen-bond acceptors (Lipinski definition) is 3. The van der Waals surface area contributed by atoms with Crippen LogP contribution in [-0.4, -0.2) is 37.0 Å². The molecule has 170 valence electrons. The highest BCUT2D eigenvalue weighted by Gasteiger charge is 2.29. The number of carbonyl (C=O) groups is 1. The van der Waals surface area contributed by atoms with Crippen LogP contribution in [0.5, 0.6) is 5.75 Å². The molecule has 0 saturated heterocycles. The predicted octanol–water partition coefficient (Wildman–Crippen LogP) is 3.79. The number of guanidine groups is 1. The maximum Gasteiger partial charge on any atom is 0.416 e. The lowest BCUT2D eigenvalue weighted by Crippen LogP contribution is -2.38. The van der Waals surface area contributed by atoms with Crippen LogP contribution in [0, 0.1) is 0 Å². The molecular weight excluding hydrogens is 524 g/mol. The summed E-state index contributed by atoms with van der Waals surface area (Å²) in [5.41, 5.74) is 6.01. The first kappa shape index (κ1) is 26.5. The summed E-state index contributed by atoms with van der Waals surface area (Å²) in [5, 5.41) is 3.17. The maximum absolute atomic E-state index is 12.7. The number of alkyl halides is 3. The maximum atomic E-state index is 12.7. The van der Waals surface area contributed by atoms with E-state index in [1.165, 1.54) is 12.1 Å². The van der Waals surface area contributed by atoms with Crippen LogP contribution < -0.4 is 15.8 Å². The van der Waals surface area contributed by atoms with Crippen LogP contribution in [-0.2, 0) is 24.1 Å². The highest BCUT2D eigenvalue weighted by atomic mass is 127. The largest absolute Gasteiger partial charge is 0.484 e. The Morgan fingerprint density at radius 3 is 2.42 bits per heavy atom.